The van der Waals surface area contributed by atoms with Crippen LogP contribution in [0.25, 0.3) is 0 Å². The van der Waals surface area contributed by atoms with E-state index >= 15 is 0 Å². The van der Waals surface area contributed by atoms with Crippen molar-refractivity contribution in [3.8, 4) is 0 Å². The predicted molar refractivity (Wildman–Crippen MR) is 85.1 cm³/mol. The summed E-state index contributed by atoms with van der Waals surface area (Å²) in [7, 11) is 1.69. The molecule has 0 radical (unpaired) electrons. The molecule has 20 heavy (non-hydrogen) atoms. The van der Waals surface area contributed by atoms with E-state index in [-0.39, 0.29) is 6.04 Å². The number of likely N-dealkylation sites (tertiary alicyclic amines) is 1. The third-order valence-corrected chi connectivity index (χ3v) is 3.89. The molecule has 1 aliphatic heterocycles. The van der Waals surface area contributed by atoms with Gasteiger partial charge in [0.2, 0.25) is 0 Å². The first-order valence-electron chi connectivity index (χ1n) is 7.93. The van der Waals surface area contributed by atoms with Crippen molar-refractivity contribution in [2.75, 3.05) is 33.4 Å². The Balaban J connectivity index is 2.08. The van der Waals surface area contributed by atoms with E-state index in [1.54, 1.807) is 7.11 Å². The standard InChI is InChI=1S/C15H32N4O/c1-13(12-20-3)18-15(16)17-9-5-7-11-19-10-6-4-8-14(19)2/h13-14H,4-12H2,1-3H3,(H3,16,17,18). The number of aliphatic imine (C=N–C) groups is 1. The van der Waals surface area contributed by atoms with Crippen LogP contribution in [0.2, 0.25) is 0 Å². The number of unbranched alkanes of at least 4 members (excludes halogenated alkanes) is 1. The van der Waals surface area contributed by atoms with Crippen molar-refractivity contribution in [1.29, 1.82) is 0 Å². The number of nitrogens with zero attached hydrogens (tertiary/aromatic N) is 2. The molecule has 1 heterocycles. The number of nitrogens with two attached hydrogens (primary N) is 1. The minimum Gasteiger partial charge on any atom is -0.383 e. The van der Waals surface area contributed by atoms with E-state index in [4.69, 9.17) is 10.5 Å². The van der Waals surface area contributed by atoms with Crippen molar-refractivity contribution in [3.63, 3.8) is 0 Å². The summed E-state index contributed by atoms with van der Waals surface area (Å²) in [6.45, 7) is 8.29. The van der Waals surface area contributed by atoms with Crippen molar-refractivity contribution in [2.24, 2.45) is 10.7 Å². The predicted octanol–water partition coefficient (Wildman–Crippen LogP) is 1.58. The second kappa shape index (κ2) is 10.00. The van der Waals surface area contributed by atoms with Crippen LogP contribution in [0.15, 0.2) is 4.99 Å². The zero-order chi connectivity index (χ0) is 14.8. The number of rotatable bonds is 8. The Morgan fingerprint density at radius 3 is 2.95 bits per heavy atom. The molecule has 0 aliphatic carbocycles. The fourth-order valence-corrected chi connectivity index (χ4v) is 2.71. The van der Waals surface area contributed by atoms with E-state index in [1.165, 1.54) is 38.8 Å². The molecular weight excluding hydrogens is 252 g/mol. The molecule has 1 aliphatic rings. The Morgan fingerprint density at radius 1 is 1.45 bits per heavy atom. The lowest BCUT2D eigenvalue weighted by Gasteiger charge is -2.33. The zero-order valence-corrected chi connectivity index (χ0v) is 13.4. The lowest BCUT2D eigenvalue weighted by Crippen LogP contribution is -2.40. The molecule has 118 valence electrons. The van der Waals surface area contributed by atoms with Crippen LogP contribution in [0.5, 0.6) is 0 Å². The van der Waals surface area contributed by atoms with Gasteiger partial charge in [0.1, 0.15) is 0 Å². The Bertz CT molecular complexity index is 283. The summed E-state index contributed by atoms with van der Waals surface area (Å²) in [5.41, 5.74) is 5.82. The second-order valence-corrected chi connectivity index (χ2v) is 5.86. The van der Waals surface area contributed by atoms with Crippen LogP contribution in [0, 0.1) is 0 Å². The van der Waals surface area contributed by atoms with Crippen LogP contribution in [0.4, 0.5) is 0 Å². The van der Waals surface area contributed by atoms with E-state index in [0.717, 1.165) is 19.0 Å². The molecule has 0 spiro atoms. The lowest BCUT2D eigenvalue weighted by atomic mass is 10.0. The highest BCUT2D eigenvalue weighted by molar-refractivity contribution is 5.78. The topological polar surface area (TPSA) is 62.9 Å². The quantitative estimate of drug-likeness (QED) is 0.403. The molecule has 0 aromatic rings. The molecule has 1 saturated heterocycles. The molecule has 5 heteroatoms. The normalized spacial score (nSPS) is 22.8. The smallest absolute Gasteiger partial charge is 0.188 e. The van der Waals surface area contributed by atoms with Gasteiger partial charge in [-0.15, -0.1) is 0 Å². The van der Waals surface area contributed by atoms with Gasteiger partial charge in [0.15, 0.2) is 5.96 Å². The first kappa shape index (κ1) is 17.2. The highest BCUT2D eigenvalue weighted by Crippen LogP contribution is 2.16. The molecule has 5 nitrogen and oxygen atoms in total. The first-order chi connectivity index (χ1) is 9.63. The number of guanidine groups is 1. The van der Waals surface area contributed by atoms with Gasteiger partial charge in [0.25, 0.3) is 0 Å². The molecule has 2 unspecified atom stereocenters. The summed E-state index contributed by atoms with van der Waals surface area (Å²) in [5, 5.41) is 3.12. The van der Waals surface area contributed by atoms with Crippen LogP contribution >= 0.6 is 0 Å². The van der Waals surface area contributed by atoms with Gasteiger partial charge in [-0.1, -0.05) is 6.42 Å². The Labute approximate surface area is 124 Å². The summed E-state index contributed by atoms with van der Waals surface area (Å²) in [5.74, 6) is 0.529. The molecule has 0 amide bonds. The van der Waals surface area contributed by atoms with Gasteiger partial charge in [0.05, 0.1) is 6.61 Å². The zero-order valence-electron chi connectivity index (χ0n) is 13.4. The van der Waals surface area contributed by atoms with E-state index in [2.05, 4.69) is 22.1 Å². The van der Waals surface area contributed by atoms with Gasteiger partial charge < -0.3 is 20.7 Å². The van der Waals surface area contributed by atoms with Crippen molar-refractivity contribution >= 4 is 5.96 Å². The van der Waals surface area contributed by atoms with Crippen LogP contribution in [0.1, 0.15) is 46.0 Å². The molecule has 2 atom stereocenters. The Hall–Kier alpha value is -0.810. The molecule has 0 aromatic heterocycles. The number of hydrogen-bond donors (Lipinski definition) is 2. The summed E-state index contributed by atoms with van der Waals surface area (Å²) in [4.78, 5) is 6.96. The average Bonchev–Trinajstić information content (AvgIpc) is 2.40. The Kier molecular flexibility index (Phi) is 8.62. The number of nitrogens with one attached hydrogen (secondary N) is 1. The summed E-state index contributed by atoms with van der Waals surface area (Å²) < 4.78 is 5.05. The van der Waals surface area contributed by atoms with E-state index in [0.29, 0.717) is 12.6 Å². The highest BCUT2D eigenvalue weighted by Gasteiger charge is 2.16. The molecule has 3 N–H and O–H groups in total. The number of hydrogen-bond acceptors (Lipinski definition) is 3. The molecule has 0 aromatic carbocycles. The van der Waals surface area contributed by atoms with Gasteiger partial charge in [-0.2, -0.15) is 0 Å². The van der Waals surface area contributed by atoms with Gasteiger partial charge in [-0.05, 0) is 52.6 Å². The van der Waals surface area contributed by atoms with Crippen LogP contribution in [0.3, 0.4) is 0 Å². The highest BCUT2D eigenvalue weighted by atomic mass is 16.5. The lowest BCUT2D eigenvalue weighted by molar-refractivity contribution is 0.158. The molecular formula is C15H32N4O. The summed E-state index contributed by atoms with van der Waals surface area (Å²) >= 11 is 0. The minimum atomic E-state index is 0.206. The molecule has 1 rings (SSSR count). The van der Waals surface area contributed by atoms with Crippen LogP contribution in [-0.2, 0) is 4.74 Å². The van der Waals surface area contributed by atoms with Gasteiger partial charge in [0, 0.05) is 25.7 Å². The SMILES string of the molecule is COCC(C)NC(N)=NCCCCN1CCCCC1C. The molecule has 0 saturated carbocycles. The van der Waals surface area contributed by atoms with Crippen molar-refractivity contribution in [3.05, 3.63) is 0 Å². The van der Waals surface area contributed by atoms with Crippen molar-refractivity contribution in [1.82, 2.24) is 10.2 Å². The van der Waals surface area contributed by atoms with Gasteiger partial charge in [-0.3, -0.25) is 4.99 Å². The molecule has 1 fully saturated rings. The third kappa shape index (κ3) is 7.10. The fourth-order valence-electron chi connectivity index (χ4n) is 2.71. The van der Waals surface area contributed by atoms with Crippen molar-refractivity contribution < 1.29 is 4.74 Å². The van der Waals surface area contributed by atoms with Crippen molar-refractivity contribution in [2.45, 2.75) is 58.0 Å². The maximum atomic E-state index is 5.82. The largest absolute Gasteiger partial charge is 0.383 e. The second-order valence-electron chi connectivity index (χ2n) is 5.86. The third-order valence-electron chi connectivity index (χ3n) is 3.89. The van der Waals surface area contributed by atoms with Gasteiger partial charge in [-0.25, -0.2) is 0 Å². The number of methoxy groups -OCH3 is 1. The van der Waals surface area contributed by atoms with E-state index in [9.17, 15) is 0 Å². The average molecular weight is 284 g/mol. The molecule has 0 bridgehead atoms. The first-order valence-corrected chi connectivity index (χ1v) is 7.93. The maximum absolute atomic E-state index is 5.82. The summed E-state index contributed by atoms with van der Waals surface area (Å²) in [6.07, 6.45) is 6.41. The monoisotopic (exact) mass is 284 g/mol. The summed E-state index contributed by atoms with van der Waals surface area (Å²) in [6, 6.07) is 0.965. The number of piperidine rings is 1. The van der Waals surface area contributed by atoms with Crippen LogP contribution in [-0.4, -0.2) is 56.3 Å². The van der Waals surface area contributed by atoms with E-state index in [1.807, 2.05) is 6.92 Å². The number of ether oxygens (including phenoxy) is 1. The van der Waals surface area contributed by atoms with Crippen LogP contribution < -0.4 is 11.1 Å². The maximum Gasteiger partial charge on any atom is 0.188 e. The minimum absolute atomic E-state index is 0.206. The van der Waals surface area contributed by atoms with E-state index < -0.39 is 0 Å². The fraction of sp³-hybridized carbons (Fsp3) is 0.933. The van der Waals surface area contributed by atoms with Gasteiger partial charge >= 0.3 is 0 Å². The Morgan fingerprint density at radius 2 is 2.25 bits per heavy atom.